The first-order valence-electron chi connectivity index (χ1n) is 7.73. The Balaban J connectivity index is 1.62. The van der Waals surface area contributed by atoms with Crippen molar-refractivity contribution in [3.05, 3.63) is 51.0 Å². The van der Waals surface area contributed by atoms with Crippen LogP contribution in [0.25, 0.3) is 0 Å². The van der Waals surface area contributed by atoms with E-state index in [9.17, 15) is 9.59 Å². The molecule has 0 spiro atoms. The van der Waals surface area contributed by atoms with Gasteiger partial charge in [-0.1, -0.05) is 27.5 Å². The second kappa shape index (κ2) is 7.45. The second-order valence-corrected chi connectivity index (χ2v) is 7.11. The van der Waals surface area contributed by atoms with Crippen LogP contribution in [-0.4, -0.2) is 18.4 Å². The van der Waals surface area contributed by atoms with E-state index in [1.54, 1.807) is 18.2 Å². The van der Waals surface area contributed by atoms with Gasteiger partial charge in [-0.25, -0.2) is 0 Å². The number of ether oxygens (including phenoxy) is 1. The van der Waals surface area contributed by atoms with Gasteiger partial charge in [0.15, 0.2) is 6.61 Å². The molecular formula is C18H16BrClN2O3. The molecule has 2 N–H and O–H groups in total. The molecule has 1 heterocycles. The molecule has 2 aromatic rings. The summed E-state index contributed by atoms with van der Waals surface area (Å²) in [4.78, 5) is 23.5. The Morgan fingerprint density at radius 1 is 1.32 bits per heavy atom. The molecule has 2 amide bonds. The smallest absolute Gasteiger partial charge is 0.262 e. The highest BCUT2D eigenvalue weighted by molar-refractivity contribution is 9.10. The minimum atomic E-state index is -0.293. The lowest BCUT2D eigenvalue weighted by molar-refractivity contribution is -0.118. The summed E-state index contributed by atoms with van der Waals surface area (Å²) in [5.74, 6) is 0.310. The van der Waals surface area contributed by atoms with Crippen LogP contribution in [0.1, 0.15) is 17.5 Å². The van der Waals surface area contributed by atoms with E-state index in [4.69, 9.17) is 16.3 Å². The lowest BCUT2D eigenvalue weighted by Crippen LogP contribution is -2.21. The van der Waals surface area contributed by atoms with Gasteiger partial charge in [0, 0.05) is 16.6 Å². The van der Waals surface area contributed by atoms with E-state index >= 15 is 0 Å². The average molecular weight is 424 g/mol. The number of carbonyl (C=O) groups is 2. The summed E-state index contributed by atoms with van der Waals surface area (Å²) < 4.78 is 6.41. The van der Waals surface area contributed by atoms with Gasteiger partial charge in [-0.2, -0.15) is 0 Å². The summed E-state index contributed by atoms with van der Waals surface area (Å²) in [6.45, 7) is 1.74. The highest BCUT2D eigenvalue weighted by Crippen LogP contribution is 2.30. The lowest BCUT2D eigenvalue weighted by Gasteiger charge is -2.17. The monoisotopic (exact) mass is 422 g/mol. The molecule has 130 valence electrons. The van der Waals surface area contributed by atoms with E-state index in [0.29, 0.717) is 29.3 Å². The fourth-order valence-corrected chi connectivity index (χ4v) is 3.65. The largest absolute Gasteiger partial charge is 0.484 e. The number of aryl methyl sites for hydroxylation is 2. The van der Waals surface area contributed by atoms with Crippen LogP contribution < -0.4 is 15.4 Å². The van der Waals surface area contributed by atoms with Gasteiger partial charge in [0.2, 0.25) is 5.91 Å². The second-order valence-electron chi connectivity index (χ2n) is 5.78. The van der Waals surface area contributed by atoms with Gasteiger partial charge in [0.25, 0.3) is 5.91 Å². The average Bonchev–Trinajstić information content (AvgIpc) is 2.56. The molecule has 1 aliphatic rings. The summed E-state index contributed by atoms with van der Waals surface area (Å²) >= 11 is 9.53. The molecule has 5 nitrogen and oxygen atoms in total. The Bertz CT molecular complexity index is 831. The first kappa shape index (κ1) is 17.8. The van der Waals surface area contributed by atoms with Gasteiger partial charge in [0.05, 0.1) is 10.7 Å². The topological polar surface area (TPSA) is 67.4 Å². The highest BCUT2D eigenvalue weighted by Gasteiger charge is 2.16. The highest BCUT2D eigenvalue weighted by atomic mass is 79.9. The van der Waals surface area contributed by atoms with Crippen molar-refractivity contribution in [1.29, 1.82) is 0 Å². The molecule has 3 rings (SSSR count). The van der Waals surface area contributed by atoms with Crippen LogP contribution in [0.15, 0.2) is 34.8 Å². The molecule has 0 unspecified atom stereocenters. The number of carbonyl (C=O) groups excluding carboxylic acids is 2. The molecule has 0 saturated carbocycles. The first-order valence-corrected chi connectivity index (χ1v) is 8.90. The normalized spacial score (nSPS) is 13.0. The molecule has 0 aromatic heterocycles. The molecule has 0 fully saturated rings. The zero-order chi connectivity index (χ0) is 18.0. The quantitative estimate of drug-likeness (QED) is 0.770. The lowest BCUT2D eigenvalue weighted by atomic mass is 10.0. The fraction of sp³-hybridized carbons (Fsp3) is 0.222. The molecule has 0 aliphatic carbocycles. The third kappa shape index (κ3) is 4.32. The van der Waals surface area contributed by atoms with E-state index in [1.165, 1.54) is 0 Å². The Morgan fingerprint density at radius 2 is 2.12 bits per heavy atom. The van der Waals surface area contributed by atoms with Crippen molar-refractivity contribution in [1.82, 2.24) is 0 Å². The summed E-state index contributed by atoms with van der Waals surface area (Å²) in [5, 5.41) is 6.04. The Morgan fingerprint density at radius 3 is 2.88 bits per heavy atom. The molecule has 0 saturated heterocycles. The molecule has 25 heavy (non-hydrogen) atoms. The third-order valence-electron chi connectivity index (χ3n) is 3.86. The van der Waals surface area contributed by atoms with Crippen molar-refractivity contribution in [2.45, 2.75) is 19.8 Å². The number of amides is 2. The van der Waals surface area contributed by atoms with Gasteiger partial charge < -0.3 is 15.4 Å². The number of benzene rings is 2. The fourth-order valence-electron chi connectivity index (χ4n) is 2.63. The van der Waals surface area contributed by atoms with Crippen LogP contribution in [0.3, 0.4) is 0 Å². The predicted molar refractivity (Wildman–Crippen MR) is 101 cm³/mol. The minimum absolute atomic E-state index is 0.0160. The van der Waals surface area contributed by atoms with Crippen LogP contribution in [0, 0.1) is 6.92 Å². The standard InChI is InChI=1S/C18H16BrClN2O3/c1-10-6-12(19)8-14(20)18(10)22-17(24)9-25-13-3-4-15-11(7-13)2-5-16(23)21-15/h3-4,6-8H,2,5,9H2,1H3,(H,21,23)(H,22,24). The number of anilines is 2. The van der Waals surface area contributed by atoms with Gasteiger partial charge >= 0.3 is 0 Å². The van der Waals surface area contributed by atoms with Crippen molar-refractivity contribution in [2.75, 3.05) is 17.2 Å². The van der Waals surface area contributed by atoms with Gasteiger partial charge in [-0.05, 0) is 54.8 Å². The molecule has 0 bridgehead atoms. The Kier molecular flexibility index (Phi) is 5.30. The van der Waals surface area contributed by atoms with Crippen molar-refractivity contribution >= 4 is 50.7 Å². The summed E-state index contributed by atoms with van der Waals surface area (Å²) in [6, 6.07) is 8.97. The van der Waals surface area contributed by atoms with E-state index in [2.05, 4.69) is 26.6 Å². The third-order valence-corrected chi connectivity index (χ3v) is 4.61. The number of rotatable bonds is 4. The van der Waals surface area contributed by atoms with Crippen LogP contribution in [0.2, 0.25) is 5.02 Å². The number of hydrogen-bond donors (Lipinski definition) is 2. The van der Waals surface area contributed by atoms with E-state index in [1.807, 2.05) is 19.1 Å². The predicted octanol–water partition coefficient (Wildman–Crippen LogP) is 4.31. The van der Waals surface area contributed by atoms with Crippen molar-refractivity contribution < 1.29 is 14.3 Å². The van der Waals surface area contributed by atoms with Crippen LogP contribution in [0.5, 0.6) is 5.75 Å². The van der Waals surface area contributed by atoms with Gasteiger partial charge in [-0.3, -0.25) is 9.59 Å². The maximum absolute atomic E-state index is 12.1. The van der Waals surface area contributed by atoms with Crippen molar-refractivity contribution in [2.24, 2.45) is 0 Å². The maximum atomic E-state index is 12.1. The van der Waals surface area contributed by atoms with E-state index in [-0.39, 0.29) is 18.4 Å². The molecule has 1 aliphatic heterocycles. The SMILES string of the molecule is Cc1cc(Br)cc(Cl)c1NC(=O)COc1ccc2c(c1)CCC(=O)N2. The Hall–Kier alpha value is -2.05. The summed E-state index contributed by atoms with van der Waals surface area (Å²) in [5.41, 5.74) is 3.23. The van der Waals surface area contributed by atoms with E-state index in [0.717, 1.165) is 21.3 Å². The Labute approximate surface area is 158 Å². The number of nitrogens with one attached hydrogen (secondary N) is 2. The zero-order valence-electron chi connectivity index (χ0n) is 13.5. The molecule has 2 aromatic carbocycles. The van der Waals surface area contributed by atoms with Crippen molar-refractivity contribution in [3.8, 4) is 5.75 Å². The first-order chi connectivity index (χ1) is 11.9. The van der Waals surface area contributed by atoms with Crippen LogP contribution in [0.4, 0.5) is 11.4 Å². The minimum Gasteiger partial charge on any atom is -0.484 e. The number of fused-ring (bicyclic) bond motifs is 1. The maximum Gasteiger partial charge on any atom is 0.262 e. The molecular weight excluding hydrogens is 408 g/mol. The van der Waals surface area contributed by atoms with Crippen LogP contribution >= 0.6 is 27.5 Å². The molecule has 0 atom stereocenters. The van der Waals surface area contributed by atoms with Gasteiger partial charge in [-0.15, -0.1) is 0 Å². The molecule has 0 radical (unpaired) electrons. The summed E-state index contributed by atoms with van der Waals surface area (Å²) in [6.07, 6.45) is 1.12. The van der Waals surface area contributed by atoms with Crippen molar-refractivity contribution in [3.63, 3.8) is 0 Å². The van der Waals surface area contributed by atoms with Gasteiger partial charge in [0.1, 0.15) is 5.75 Å². The van der Waals surface area contributed by atoms with Crippen LogP contribution in [-0.2, 0) is 16.0 Å². The zero-order valence-corrected chi connectivity index (χ0v) is 15.8. The summed E-state index contributed by atoms with van der Waals surface area (Å²) in [7, 11) is 0. The molecule has 7 heteroatoms. The number of hydrogen-bond acceptors (Lipinski definition) is 3. The number of halogens is 2. The van der Waals surface area contributed by atoms with E-state index < -0.39 is 0 Å².